The fourth-order valence-electron chi connectivity index (χ4n) is 8.01. The van der Waals surface area contributed by atoms with Gasteiger partial charge in [0, 0.05) is 73.6 Å². The zero-order chi connectivity index (χ0) is 58.4. The Morgan fingerprint density at radius 1 is 0.756 bits per heavy atom. The highest BCUT2D eigenvalue weighted by Gasteiger charge is 2.38. The topological polar surface area (TPSA) is 335 Å². The minimum atomic E-state index is -1.53. The first kappa shape index (κ1) is 64.6. The van der Waals surface area contributed by atoms with Crippen LogP contribution >= 0.6 is 11.8 Å². The highest BCUT2D eigenvalue weighted by atomic mass is 32.2. The molecule has 0 bridgehead atoms. The van der Waals surface area contributed by atoms with Crippen LogP contribution in [0.1, 0.15) is 104 Å². The molecule has 0 spiro atoms. The van der Waals surface area contributed by atoms with E-state index in [1.807, 2.05) is 55.7 Å². The van der Waals surface area contributed by atoms with Gasteiger partial charge in [-0.25, -0.2) is 13.6 Å². The standard InChI is InChI=1S/C53H71F2N9O13S/c1-8-36(65)24-40(52(76)77)61-43(67)17-20-78-29-45(69)64(47(53(5,6)7)41-22-34(37-23-35(54)15-16-38(37)55)28-63(41)27-33-13-10-9-11-14-33)19-12-18-57-51(75)39(25-42(56)66)62-50(74)32(4)60-49(73)31(3)59-44(68)26-58-48(72)30(2)21-46(70)71/h9-11,13-16,22-23,28,30-32,39-40,47H,8,12,17-21,24-27,29H2,1-7H3,(H2,56,66)(H,57,75)(H,58,72)(H,59,68)(H,60,73)(H,61,67)(H,62,74)(H,70,71)(H,76,77)/t30?,31-,32+,39-,40+,47-/m0/s1. The van der Waals surface area contributed by atoms with Crippen LogP contribution < -0.4 is 37.6 Å². The monoisotopic (exact) mass is 1110 g/mol. The molecule has 10 N–H and O–H groups in total. The quantitative estimate of drug-likeness (QED) is 0.0406. The lowest BCUT2D eigenvalue weighted by Gasteiger charge is -2.41. The molecule has 0 aliphatic heterocycles. The van der Waals surface area contributed by atoms with Crippen molar-refractivity contribution in [2.24, 2.45) is 17.1 Å². The van der Waals surface area contributed by atoms with Crippen molar-refractivity contribution in [2.45, 2.75) is 124 Å². The minimum absolute atomic E-state index is 0.0198. The normalized spacial score (nSPS) is 13.5. The molecular weight excluding hydrogens is 1040 g/mol. The van der Waals surface area contributed by atoms with Gasteiger partial charge in [0.05, 0.1) is 31.2 Å². The summed E-state index contributed by atoms with van der Waals surface area (Å²) >= 11 is 1.09. The summed E-state index contributed by atoms with van der Waals surface area (Å²) in [6.45, 7) is 10.7. The number of thioether (sulfide) groups is 1. The summed E-state index contributed by atoms with van der Waals surface area (Å²) < 4.78 is 31.9. The van der Waals surface area contributed by atoms with Crippen LogP contribution in [-0.2, 0) is 59.3 Å². The molecule has 22 nitrogen and oxygen atoms in total. The van der Waals surface area contributed by atoms with Crippen LogP contribution in [0, 0.1) is 23.0 Å². The van der Waals surface area contributed by atoms with E-state index in [0.717, 1.165) is 35.5 Å². The Labute approximate surface area is 455 Å². The predicted molar refractivity (Wildman–Crippen MR) is 284 cm³/mol. The van der Waals surface area contributed by atoms with Gasteiger partial charge in [-0.3, -0.25) is 47.9 Å². The van der Waals surface area contributed by atoms with E-state index < -0.39 is 132 Å². The van der Waals surface area contributed by atoms with Crippen molar-refractivity contribution in [3.8, 4) is 11.1 Å². The number of carboxylic acids is 2. The number of halogens is 2. The summed E-state index contributed by atoms with van der Waals surface area (Å²) in [6, 6.07) is 7.76. The number of primary amides is 1. The second kappa shape index (κ2) is 30.9. The SMILES string of the molecule is CCC(=O)C[C@@H](NC(=O)CCSCC(=O)N(CCCNC(=O)[C@H](CC(N)=O)NC(=O)[C@@H](C)NC(=O)[C@H](C)NC(=O)CNC(=O)C(C)CC(=O)O)[C@@H](c1cc(-c2cc(F)ccc2F)cn1Cc1ccccc1)C(C)(C)C)C(=O)O. The van der Waals surface area contributed by atoms with Gasteiger partial charge in [0.1, 0.15) is 41.6 Å². The number of Topliss-reactive ketones (excluding diaryl/α,β-unsaturated/α-hetero) is 1. The molecule has 3 rings (SSSR count). The number of ketones is 1. The predicted octanol–water partition coefficient (Wildman–Crippen LogP) is 2.56. The largest absolute Gasteiger partial charge is 0.481 e. The number of nitrogens with two attached hydrogens (primary N) is 1. The summed E-state index contributed by atoms with van der Waals surface area (Å²) in [6.07, 6.45) is 0.140. The fraction of sp³-hybridized carbons (Fsp3) is 0.491. The van der Waals surface area contributed by atoms with Gasteiger partial charge in [0.25, 0.3) is 0 Å². The van der Waals surface area contributed by atoms with Crippen LogP contribution in [0.4, 0.5) is 8.78 Å². The Hall–Kier alpha value is -7.70. The zero-order valence-electron chi connectivity index (χ0n) is 44.7. The number of nitrogens with one attached hydrogen (secondary N) is 6. The Kier molecular flexibility index (Phi) is 25.6. The van der Waals surface area contributed by atoms with E-state index in [9.17, 15) is 62.2 Å². The van der Waals surface area contributed by atoms with Gasteiger partial charge in [-0.1, -0.05) is 65.0 Å². The van der Waals surface area contributed by atoms with E-state index in [1.165, 1.54) is 20.8 Å². The molecule has 426 valence electrons. The molecule has 8 amide bonds. The number of amides is 8. The van der Waals surface area contributed by atoms with E-state index in [4.69, 9.17) is 10.8 Å². The fourth-order valence-corrected chi connectivity index (χ4v) is 8.82. The van der Waals surface area contributed by atoms with E-state index >= 15 is 4.39 Å². The minimum Gasteiger partial charge on any atom is -0.481 e. The average molecular weight is 1110 g/mol. The molecule has 1 heterocycles. The molecule has 78 heavy (non-hydrogen) atoms. The van der Waals surface area contributed by atoms with Crippen LogP contribution in [-0.4, -0.2) is 140 Å². The van der Waals surface area contributed by atoms with Gasteiger partial charge in [0.15, 0.2) is 0 Å². The third kappa shape index (κ3) is 21.4. The maximum atomic E-state index is 15.4. The molecule has 0 fully saturated rings. The average Bonchev–Trinajstić information content (AvgIpc) is 3.77. The van der Waals surface area contributed by atoms with Gasteiger partial charge in [-0.15, -0.1) is 0 Å². The van der Waals surface area contributed by atoms with Crippen LogP contribution in [0.3, 0.4) is 0 Å². The highest BCUT2D eigenvalue weighted by molar-refractivity contribution is 7.99. The molecule has 0 radical (unpaired) electrons. The van der Waals surface area contributed by atoms with Crippen molar-refractivity contribution in [3.05, 3.63) is 83.7 Å². The number of hydrogen-bond acceptors (Lipinski definition) is 12. The summed E-state index contributed by atoms with van der Waals surface area (Å²) in [7, 11) is 0. The van der Waals surface area contributed by atoms with Crippen molar-refractivity contribution < 1.29 is 71.7 Å². The number of carboxylic acid groups (broad SMARTS) is 2. The number of aliphatic carboxylic acids is 2. The van der Waals surface area contributed by atoms with Gasteiger partial charge < -0.3 is 57.3 Å². The second-order valence-corrected chi connectivity index (χ2v) is 20.8. The maximum absolute atomic E-state index is 15.4. The van der Waals surface area contributed by atoms with Crippen molar-refractivity contribution in [1.82, 2.24) is 41.4 Å². The first-order valence-electron chi connectivity index (χ1n) is 25.2. The Morgan fingerprint density at radius 3 is 2.03 bits per heavy atom. The number of aromatic nitrogens is 1. The molecule has 1 unspecified atom stereocenters. The van der Waals surface area contributed by atoms with Crippen molar-refractivity contribution in [3.63, 3.8) is 0 Å². The number of hydrogen-bond donors (Lipinski definition) is 9. The Balaban J connectivity index is 1.85. The molecule has 0 aliphatic carbocycles. The Bertz CT molecular complexity index is 2650. The van der Waals surface area contributed by atoms with E-state index in [1.54, 1.807) is 24.1 Å². The highest BCUT2D eigenvalue weighted by Crippen LogP contribution is 2.41. The maximum Gasteiger partial charge on any atom is 0.326 e. The van der Waals surface area contributed by atoms with Gasteiger partial charge in [-0.05, 0) is 55.5 Å². The van der Waals surface area contributed by atoms with Gasteiger partial charge in [0.2, 0.25) is 47.3 Å². The van der Waals surface area contributed by atoms with E-state index in [0.29, 0.717) is 11.3 Å². The summed E-state index contributed by atoms with van der Waals surface area (Å²) in [5.41, 5.74) is 6.38. The number of rotatable bonds is 32. The molecule has 1 aromatic heterocycles. The lowest BCUT2D eigenvalue weighted by molar-refractivity contribution is -0.143. The second-order valence-electron chi connectivity index (χ2n) is 19.7. The smallest absolute Gasteiger partial charge is 0.326 e. The van der Waals surface area contributed by atoms with Gasteiger partial charge in [-0.2, -0.15) is 11.8 Å². The van der Waals surface area contributed by atoms with Crippen LogP contribution in [0.5, 0.6) is 0 Å². The first-order valence-corrected chi connectivity index (χ1v) is 26.3. The number of benzene rings is 2. The summed E-state index contributed by atoms with van der Waals surface area (Å²) in [5, 5.41) is 32.8. The Morgan fingerprint density at radius 2 is 1.41 bits per heavy atom. The van der Waals surface area contributed by atoms with E-state index in [-0.39, 0.29) is 68.2 Å². The molecule has 25 heteroatoms. The van der Waals surface area contributed by atoms with Gasteiger partial charge >= 0.3 is 11.9 Å². The molecule has 0 saturated heterocycles. The lowest BCUT2D eigenvalue weighted by Crippen LogP contribution is -2.56. The lowest BCUT2D eigenvalue weighted by atomic mass is 9.83. The molecule has 2 aromatic carbocycles. The van der Waals surface area contributed by atoms with E-state index in [2.05, 4.69) is 31.9 Å². The van der Waals surface area contributed by atoms with Crippen LogP contribution in [0.2, 0.25) is 0 Å². The first-order chi connectivity index (χ1) is 36.6. The molecule has 0 aliphatic rings. The summed E-state index contributed by atoms with van der Waals surface area (Å²) in [4.78, 5) is 140. The zero-order valence-corrected chi connectivity index (χ0v) is 45.6. The van der Waals surface area contributed by atoms with Crippen molar-refractivity contribution >= 4 is 76.7 Å². The number of carbonyl (C=O) groups excluding carboxylic acids is 9. The molecule has 6 atom stereocenters. The third-order valence-corrected chi connectivity index (χ3v) is 13.0. The van der Waals surface area contributed by atoms with Crippen LogP contribution in [0.25, 0.3) is 11.1 Å². The molecular formula is C53H71F2N9O13S. The number of nitrogens with zero attached hydrogens (tertiary/aromatic N) is 2. The van der Waals surface area contributed by atoms with Crippen LogP contribution in [0.15, 0.2) is 60.8 Å². The van der Waals surface area contributed by atoms with Crippen molar-refractivity contribution in [1.29, 1.82) is 0 Å². The molecule has 3 aromatic rings. The molecule has 0 saturated carbocycles. The van der Waals surface area contributed by atoms with Crippen molar-refractivity contribution in [2.75, 3.05) is 31.1 Å². The number of carbonyl (C=O) groups is 11. The third-order valence-electron chi connectivity index (χ3n) is 12.0. The summed E-state index contributed by atoms with van der Waals surface area (Å²) in [5.74, 6) is -11.4.